The number of hydrogen-bond acceptors (Lipinski definition) is 4. The van der Waals surface area contributed by atoms with Crippen molar-refractivity contribution in [3.05, 3.63) is 35.4 Å². The highest BCUT2D eigenvalue weighted by atomic mass is 16.3. The van der Waals surface area contributed by atoms with Crippen LogP contribution in [0.25, 0.3) is 0 Å². The van der Waals surface area contributed by atoms with Crippen molar-refractivity contribution in [2.24, 2.45) is 5.92 Å². The Morgan fingerprint density at radius 3 is 2.58 bits per heavy atom. The number of carbonyl (C=O) groups is 1. The van der Waals surface area contributed by atoms with Gasteiger partial charge in [0, 0.05) is 44.8 Å². The quantitative estimate of drug-likeness (QED) is 0.830. The summed E-state index contributed by atoms with van der Waals surface area (Å²) >= 11 is 0. The predicted octanol–water partition coefficient (Wildman–Crippen LogP) is 1.57. The summed E-state index contributed by atoms with van der Waals surface area (Å²) in [7, 11) is 2.15. The van der Waals surface area contributed by atoms with Gasteiger partial charge >= 0.3 is 0 Å². The summed E-state index contributed by atoms with van der Waals surface area (Å²) in [5, 5.41) is 13.1. The van der Waals surface area contributed by atoms with Crippen LogP contribution in [-0.2, 0) is 6.54 Å². The molecule has 2 rings (SSSR count). The van der Waals surface area contributed by atoms with E-state index >= 15 is 0 Å². The van der Waals surface area contributed by atoms with Gasteiger partial charge in [0.2, 0.25) is 0 Å². The molecule has 1 amide bonds. The maximum absolute atomic E-state index is 12.4. The zero-order valence-corrected chi connectivity index (χ0v) is 15.4. The molecule has 0 spiro atoms. The minimum atomic E-state index is -0.896. The molecule has 0 radical (unpaired) electrons. The van der Waals surface area contributed by atoms with Gasteiger partial charge in [0.1, 0.15) is 0 Å². The molecular formula is C19H31N3O2. The van der Waals surface area contributed by atoms with Crippen LogP contribution in [-0.4, -0.2) is 66.2 Å². The van der Waals surface area contributed by atoms with Crippen LogP contribution in [0, 0.1) is 5.92 Å². The van der Waals surface area contributed by atoms with Crippen molar-refractivity contribution < 1.29 is 9.90 Å². The van der Waals surface area contributed by atoms with Crippen LogP contribution in [0.5, 0.6) is 0 Å². The summed E-state index contributed by atoms with van der Waals surface area (Å²) in [6.45, 7) is 11.1. The van der Waals surface area contributed by atoms with Gasteiger partial charge in [-0.1, -0.05) is 26.0 Å². The normalized spacial score (nSPS) is 19.2. The van der Waals surface area contributed by atoms with Gasteiger partial charge in [-0.25, -0.2) is 0 Å². The Labute approximate surface area is 145 Å². The lowest BCUT2D eigenvalue weighted by Crippen LogP contribution is -2.44. The second-order valence-corrected chi connectivity index (χ2v) is 7.47. The Morgan fingerprint density at radius 2 is 1.96 bits per heavy atom. The SMILES string of the molecule is CC(C)[C@@](C)(O)CNC(=O)c1cccc(CN2CCN(C)CC2)c1. The van der Waals surface area contributed by atoms with Crippen molar-refractivity contribution in [2.75, 3.05) is 39.8 Å². The van der Waals surface area contributed by atoms with Crippen molar-refractivity contribution in [1.29, 1.82) is 0 Å². The molecule has 0 aliphatic carbocycles. The molecule has 0 bridgehead atoms. The van der Waals surface area contributed by atoms with E-state index in [0.29, 0.717) is 5.56 Å². The Kier molecular flexibility index (Phi) is 6.38. The molecule has 2 N–H and O–H groups in total. The summed E-state index contributed by atoms with van der Waals surface area (Å²) in [4.78, 5) is 17.1. The fourth-order valence-corrected chi connectivity index (χ4v) is 2.64. The van der Waals surface area contributed by atoms with Crippen molar-refractivity contribution in [3.8, 4) is 0 Å². The highest BCUT2D eigenvalue weighted by Gasteiger charge is 2.25. The van der Waals surface area contributed by atoms with E-state index < -0.39 is 5.60 Å². The van der Waals surface area contributed by atoms with E-state index in [2.05, 4.69) is 28.2 Å². The molecule has 134 valence electrons. The van der Waals surface area contributed by atoms with E-state index in [1.165, 1.54) is 0 Å². The number of carbonyl (C=O) groups excluding carboxylic acids is 1. The summed E-state index contributed by atoms with van der Waals surface area (Å²) in [6, 6.07) is 7.78. The lowest BCUT2D eigenvalue weighted by atomic mass is 9.92. The van der Waals surface area contributed by atoms with E-state index in [1.54, 1.807) is 6.92 Å². The molecule has 1 atom stereocenters. The topological polar surface area (TPSA) is 55.8 Å². The fourth-order valence-electron chi connectivity index (χ4n) is 2.64. The first-order valence-corrected chi connectivity index (χ1v) is 8.78. The van der Waals surface area contributed by atoms with Crippen LogP contribution >= 0.6 is 0 Å². The molecule has 5 heteroatoms. The second-order valence-electron chi connectivity index (χ2n) is 7.47. The Bertz CT molecular complexity index is 549. The molecule has 1 aromatic rings. The van der Waals surface area contributed by atoms with Gasteiger partial charge in [-0.15, -0.1) is 0 Å². The van der Waals surface area contributed by atoms with E-state index in [1.807, 2.05) is 32.0 Å². The van der Waals surface area contributed by atoms with E-state index in [0.717, 1.165) is 38.3 Å². The average molecular weight is 333 g/mol. The molecule has 1 saturated heterocycles. The number of nitrogens with zero attached hydrogens (tertiary/aromatic N) is 2. The molecule has 0 saturated carbocycles. The molecule has 1 aliphatic heterocycles. The summed E-state index contributed by atoms with van der Waals surface area (Å²) in [6.07, 6.45) is 0. The van der Waals surface area contributed by atoms with Crippen molar-refractivity contribution in [3.63, 3.8) is 0 Å². The van der Waals surface area contributed by atoms with Gasteiger partial charge < -0.3 is 15.3 Å². The van der Waals surface area contributed by atoms with Gasteiger partial charge in [-0.2, -0.15) is 0 Å². The van der Waals surface area contributed by atoms with Crippen molar-refractivity contribution in [2.45, 2.75) is 32.9 Å². The summed E-state index contributed by atoms with van der Waals surface area (Å²) < 4.78 is 0. The first-order chi connectivity index (χ1) is 11.3. The van der Waals surface area contributed by atoms with E-state index in [9.17, 15) is 9.90 Å². The number of likely N-dealkylation sites (N-methyl/N-ethyl adjacent to an activating group) is 1. The predicted molar refractivity (Wildman–Crippen MR) is 97.0 cm³/mol. The highest BCUT2D eigenvalue weighted by Crippen LogP contribution is 2.15. The molecule has 1 fully saturated rings. The van der Waals surface area contributed by atoms with Crippen LogP contribution in [0.1, 0.15) is 36.7 Å². The third-order valence-electron chi connectivity index (χ3n) is 5.04. The first kappa shape index (κ1) is 18.9. The summed E-state index contributed by atoms with van der Waals surface area (Å²) in [5.74, 6) is -0.0440. The molecule has 0 aromatic heterocycles. The maximum atomic E-state index is 12.4. The van der Waals surface area contributed by atoms with Crippen molar-refractivity contribution in [1.82, 2.24) is 15.1 Å². The molecule has 1 aliphatic rings. The summed E-state index contributed by atoms with van der Waals surface area (Å²) in [5.41, 5.74) is 0.914. The van der Waals surface area contributed by atoms with Crippen LogP contribution in [0.2, 0.25) is 0 Å². The van der Waals surface area contributed by atoms with Crippen molar-refractivity contribution >= 4 is 5.91 Å². The van der Waals surface area contributed by atoms with Crippen LogP contribution in [0.15, 0.2) is 24.3 Å². The second kappa shape index (κ2) is 8.10. The largest absolute Gasteiger partial charge is 0.388 e. The molecule has 0 unspecified atom stereocenters. The van der Waals surface area contributed by atoms with Gasteiger partial charge in [-0.3, -0.25) is 9.69 Å². The Morgan fingerprint density at radius 1 is 1.29 bits per heavy atom. The smallest absolute Gasteiger partial charge is 0.251 e. The van der Waals surface area contributed by atoms with E-state index in [4.69, 9.17) is 0 Å². The van der Waals surface area contributed by atoms with Gasteiger partial charge in [0.05, 0.1) is 5.60 Å². The third kappa shape index (κ3) is 5.30. The van der Waals surface area contributed by atoms with Gasteiger partial charge in [0.15, 0.2) is 0 Å². The Balaban J connectivity index is 1.93. The zero-order chi connectivity index (χ0) is 17.7. The number of rotatable bonds is 6. The van der Waals surface area contributed by atoms with Crippen LogP contribution < -0.4 is 5.32 Å². The highest BCUT2D eigenvalue weighted by molar-refractivity contribution is 5.94. The molecule has 5 nitrogen and oxygen atoms in total. The lowest BCUT2D eigenvalue weighted by molar-refractivity contribution is 0.0142. The molecular weight excluding hydrogens is 302 g/mol. The minimum Gasteiger partial charge on any atom is -0.388 e. The lowest BCUT2D eigenvalue weighted by Gasteiger charge is -2.32. The number of benzene rings is 1. The monoisotopic (exact) mass is 333 g/mol. The average Bonchev–Trinajstić information content (AvgIpc) is 2.55. The zero-order valence-electron chi connectivity index (χ0n) is 15.4. The van der Waals surface area contributed by atoms with Gasteiger partial charge in [-0.05, 0) is 37.6 Å². The van der Waals surface area contributed by atoms with Crippen LogP contribution in [0.3, 0.4) is 0 Å². The first-order valence-electron chi connectivity index (χ1n) is 8.78. The standard InChI is InChI=1S/C19H31N3O2/c1-15(2)19(3,24)14-20-18(23)17-7-5-6-16(12-17)13-22-10-8-21(4)9-11-22/h5-7,12,15,24H,8-11,13-14H2,1-4H3,(H,20,23)/t19-/m0/s1. The number of hydrogen-bond donors (Lipinski definition) is 2. The number of nitrogens with one attached hydrogen (secondary N) is 1. The molecule has 24 heavy (non-hydrogen) atoms. The molecule has 1 aromatic carbocycles. The number of piperazine rings is 1. The maximum Gasteiger partial charge on any atom is 0.251 e. The minimum absolute atomic E-state index is 0.0846. The number of amides is 1. The van der Waals surface area contributed by atoms with E-state index in [-0.39, 0.29) is 18.4 Å². The Hall–Kier alpha value is -1.43. The van der Waals surface area contributed by atoms with Gasteiger partial charge in [0.25, 0.3) is 5.91 Å². The number of aliphatic hydroxyl groups is 1. The van der Waals surface area contributed by atoms with Crippen LogP contribution in [0.4, 0.5) is 0 Å². The fraction of sp³-hybridized carbons (Fsp3) is 0.632. The third-order valence-corrected chi connectivity index (χ3v) is 5.04. The molecule has 1 heterocycles.